The number of nitrogens with zero attached hydrogens (tertiary/aromatic N) is 1. The zero-order valence-corrected chi connectivity index (χ0v) is 18.7. The third-order valence-corrected chi connectivity index (χ3v) is 6.19. The molecule has 0 aliphatic rings. The van der Waals surface area contributed by atoms with Gasteiger partial charge in [0.15, 0.2) is 0 Å². The molecular formula is C27H34N2S. The molecule has 0 aliphatic carbocycles. The Bertz CT molecular complexity index is 751. The molecule has 3 aromatic carbocycles. The zero-order chi connectivity index (χ0) is 20.7. The van der Waals surface area contributed by atoms with Gasteiger partial charge in [-0.2, -0.15) is 11.8 Å². The highest BCUT2D eigenvalue weighted by Crippen LogP contribution is 2.12. The zero-order valence-electron chi connectivity index (χ0n) is 17.9. The summed E-state index contributed by atoms with van der Waals surface area (Å²) >= 11 is 2.03. The van der Waals surface area contributed by atoms with E-state index in [9.17, 15) is 0 Å². The minimum atomic E-state index is 1.01. The van der Waals surface area contributed by atoms with Crippen LogP contribution in [-0.2, 0) is 18.8 Å². The molecule has 0 saturated carbocycles. The molecule has 3 rings (SSSR count). The molecule has 0 spiro atoms. The van der Waals surface area contributed by atoms with Crippen molar-refractivity contribution in [1.29, 1.82) is 0 Å². The SMILES string of the molecule is c1ccc(CSCCCNCCCN(Cc2ccccc2)Cc2ccccc2)cc1. The van der Waals surface area contributed by atoms with Crippen molar-refractivity contribution in [2.45, 2.75) is 31.7 Å². The molecule has 1 N–H and O–H groups in total. The lowest BCUT2D eigenvalue weighted by molar-refractivity contribution is 0.252. The molecule has 0 saturated heterocycles. The molecule has 3 heteroatoms. The number of benzene rings is 3. The van der Waals surface area contributed by atoms with Crippen LogP contribution in [0, 0.1) is 0 Å². The Morgan fingerprint density at radius 2 is 1.10 bits per heavy atom. The number of rotatable bonds is 14. The fourth-order valence-corrected chi connectivity index (χ4v) is 4.43. The van der Waals surface area contributed by atoms with Crippen LogP contribution in [0.2, 0.25) is 0 Å². The lowest BCUT2D eigenvalue weighted by atomic mass is 10.1. The second kappa shape index (κ2) is 14.0. The molecule has 158 valence electrons. The first-order valence-electron chi connectivity index (χ1n) is 11.0. The van der Waals surface area contributed by atoms with E-state index >= 15 is 0 Å². The quantitative estimate of drug-likeness (QED) is 0.324. The standard InChI is InChI=1S/C27H34N2S/c1-4-12-25(13-5-1)22-29(23-26-14-6-2-7-15-26)20-10-18-28-19-11-21-30-24-27-16-8-3-9-17-27/h1-9,12-17,28H,10-11,18-24H2. The van der Waals surface area contributed by atoms with Gasteiger partial charge >= 0.3 is 0 Å². The molecule has 0 radical (unpaired) electrons. The first-order chi connectivity index (χ1) is 14.9. The third-order valence-electron chi connectivity index (χ3n) is 5.08. The minimum absolute atomic E-state index is 1.01. The summed E-state index contributed by atoms with van der Waals surface area (Å²) in [6, 6.07) is 32.4. The predicted octanol–water partition coefficient (Wildman–Crippen LogP) is 5.99. The second-order valence-corrected chi connectivity index (χ2v) is 8.78. The number of nitrogens with one attached hydrogen (secondary N) is 1. The first kappa shape index (κ1) is 22.6. The van der Waals surface area contributed by atoms with E-state index in [1.165, 1.54) is 35.3 Å². The molecule has 0 aromatic heterocycles. The van der Waals surface area contributed by atoms with E-state index in [-0.39, 0.29) is 0 Å². The molecule has 0 heterocycles. The maximum atomic E-state index is 3.63. The van der Waals surface area contributed by atoms with E-state index in [1.54, 1.807) is 0 Å². The molecule has 3 aromatic rings. The van der Waals surface area contributed by atoms with Crippen molar-refractivity contribution < 1.29 is 0 Å². The van der Waals surface area contributed by atoms with E-state index in [1.807, 2.05) is 11.8 Å². The van der Waals surface area contributed by atoms with Gasteiger partial charge in [0, 0.05) is 25.4 Å². The van der Waals surface area contributed by atoms with Crippen molar-refractivity contribution in [2.24, 2.45) is 0 Å². The topological polar surface area (TPSA) is 15.3 Å². The highest BCUT2D eigenvalue weighted by molar-refractivity contribution is 7.98. The van der Waals surface area contributed by atoms with Gasteiger partial charge in [0.1, 0.15) is 0 Å². The Labute approximate surface area is 186 Å². The molecular weight excluding hydrogens is 384 g/mol. The van der Waals surface area contributed by atoms with Crippen LogP contribution in [0.15, 0.2) is 91.0 Å². The van der Waals surface area contributed by atoms with Crippen LogP contribution in [0.25, 0.3) is 0 Å². The number of thioether (sulfide) groups is 1. The Morgan fingerprint density at radius 1 is 0.600 bits per heavy atom. The van der Waals surface area contributed by atoms with Crippen LogP contribution in [0.4, 0.5) is 0 Å². The molecule has 0 unspecified atom stereocenters. The van der Waals surface area contributed by atoms with Crippen LogP contribution in [0.3, 0.4) is 0 Å². The first-order valence-corrected chi connectivity index (χ1v) is 12.2. The maximum absolute atomic E-state index is 3.63. The van der Waals surface area contributed by atoms with Crippen LogP contribution >= 0.6 is 11.8 Å². The van der Waals surface area contributed by atoms with Gasteiger partial charge in [0.25, 0.3) is 0 Å². The van der Waals surface area contributed by atoms with Crippen molar-refractivity contribution in [3.63, 3.8) is 0 Å². The Morgan fingerprint density at radius 3 is 1.67 bits per heavy atom. The van der Waals surface area contributed by atoms with E-state index in [4.69, 9.17) is 0 Å². The van der Waals surface area contributed by atoms with Gasteiger partial charge in [-0.25, -0.2) is 0 Å². The van der Waals surface area contributed by atoms with Crippen molar-refractivity contribution in [3.05, 3.63) is 108 Å². The largest absolute Gasteiger partial charge is 0.317 e. The summed E-state index contributed by atoms with van der Waals surface area (Å²) in [5.41, 5.74) is 4.20. The monoisotopic (exact) mass is 418 g/mol. The Kier molecular flexibility index (Phi) is 10.6. The van der Waals surface area contributed by atoms with Crippen molar-refractivity contribution >= 4 is 11.8 Å². The van der Waals surface area contributed by atoms with E-state index in [0.717, 1.165) is 38.5 Å². The normalized spacial score (nSPS) is 11.1. The fourth-order valence-electron chi connectivity index (χ4n) is 3.51. The highest BCUT2D eigenvalue weighted by atomic mass is 32.2. The average Bonchev–Trinajstić information content (AvgIpc) is 2.80. The molecule has 2 nitrogen and oxygen atoms in total. The Balaban J connectivity index is 1.30. The Hall–Kier alpha value is -2.07. The molecule has 0 atom stereocenters. The van der Waals surface area contributed by atoms with Crippen LogP contribution in [-0.4, -0.2) is 30.3 Å². The highest BCUT2D eigenvalue weighted by Gasteiger charge is 2.07. The number of hydrogen-bond donors (Lipinski definition) is 1. The summed E-state index contributed by atoms with van der Waals surface area (Å²) in [6.07, 6.45) is 2.41. The average molecular weight is 419 g/mol. The van der Waals surface area contributed by atoms with Gasteiger partial charge < -0.3 is 5.32 Å². The van der Waals surface area contributed by atoms with Crippen LogP contribution in [0.5, 0.6) is 0 Å². The summed E-state index contributed by atoms with van der Waals surface area (Å²) in [5.74, 6) is 2.34. The maximum Gasteiger partial charge on any atom is 0.0237 e. The second-order valence-electron chi connectivity index (χ2n) is 7.68. The smallest absolute Gasteiger partial charge is 0.0237 e. The third kappa shape index (κ3) is 9.17. The van der Waals surface area contributed by atoms with Crippen molar-refractivity contribution in [3.8, 4) is 0 Å². The number of hydrogen-bond acceptors (Lipinski definition) is 3. The molecule has 0 aliphatic heterocycles. The minimum Gasteiger partial charge on any atom is -0.317 e. The van der Waals surface area contributed by atoms with Gasteiger partial charge in [-0.05, 0) is 48.4 Å². The van der Waals surface area contributed by atoms with Gasteiger partial charge in [-0.3, -0.25) is 4.90 Å². The van der Waals surface area contributed by atoms with E-state index < -0.39 is 0 Å². The van der Waals surface area contributed by atoms with Crippen molar-refractivity contribution in [1.82, 2.24) is 10.2 Å². The predicted molar refractivity (Wildman–Crippen MR) is 132 cm³/mol. The summed E-state index contributed by atoms with van der Waals surface area (Å²) in [4.78, 5) is 2.56. The lowest BCUT2D eigenvalue weighted by Gasteiger charge is -2.23. The van der Waals surface area contributed by atoms with Gasteiger partial charge in [0.2, 0.25) is 0 Å². The van der Waals surface area contributed by atoms with Crippen molar-refractivity contribution in [2.75, 3.05) is 25.4 Å². The van der Waals surface area contributed by atoms with Crippen LogP contribution < -0.4 is 5.32 Å². The molecule has 0 amide bonds. The summed E-state index contributed by atoms with van der Waals surface area (Å²) in [6.45, 7) is 5.32. The molecule has 0 bridgehead atoms. The van der Waals surface area contributed by atoms with Gasteiger partial charge in [0.05, 0.1) is 0 Å². The van der Waals surface area contributed by atoms with Gasteiger partial charge in [-0.15, -0.1) is 0 Å². The van der Waals surface area contributed by atoms with E-state index in [0.29, 0.717) is 0 Å². The van der Waals surface area contributed by atoms with Gasteiger partial charge in [-0.1, -0.05) is 91.0 Å². The lowest BCUT2D eigenvalue weighted by Crippen LogP contribution is -2.27. The van der Waals surface area contributed by atoms with Crippen LogP contribution in [0.1, 0.15) is 29.5 Å². The summed E-state index contributed by atoms with van der Waals surface area (Å²) < 4.78 is 0. The fraction of sp³-hybridized carbons (Fsp3) is 0.333. The summed E-state index contributed by atoms with van der Waals surface area (Å²) in [7, 11) is 0. The molecule has 0 fully saturated rings. The molecule has 30 heavy (non-hydrogen) atoms. The van der Waals surface area contributed by atoms with E-state index in [2.05, 4.69) is 101 Å². The summed E-state index contributed by atoms with van der Waals surface area (Å²) in [5, 5.41) is 3.63.